The first kappa shape index (κ1) is 25.9. The second-order valence-electron chi connectivity index (χ2n) is 9.88. The summed E-state index contributed by atoms with van der Waals surface area (Å²) in [6, 6.07) is 3.74. The number of alkyl halides is 3. The van der Waals surface area contributed by atoms with Gasteiger partial charge < -0.3 is 19.3 Å². The number of rotatable bonds is 5. The summed E-state index contributed by atoms with van der Waals surface area (Å²) in [5.41, 5.74) is 0.249. The number of aryl methyl sites for hydroxylation is 1. The normalized spacial score (nSPS) is 22.5. The number of hydrogen-bond donors (Lipinski definition) is 0. The van der Waals surface area contributed by atoms with E-state index in [0.717, 1.165) is 10.7 Å². The number of anilines is 2. The standard InChI is InChI=1S/C23H33F3N6O2S/c1-16-15-33-11-10-31(16)17-12-19(28-20(13-17)34-22(2,3)4)32-9-8-30(14-18(32)23(24,25)26)35-21-6-7-27-29(21)5/h6-7,12-13,16,18H,8-11,14-15H2,1-5H3. The van der Waals surface area contributed by atoms with Gasteiger partial charge in [-0.25, -0.2) is 4.31 Å². The van der Waals surface area contributed by atoms with E-state index in [9.17, 15) is 13.2 Å². The Bertz CT molecular complexity index is 1010. The van der Waals surface area contributed by atoms with Crippen molar-refractivity contribution in [1.29, 1.82) is 0 Å². The molecule has 4 rings (SSSR count). The minimum Gasteiger partial charge on any atom is -0.472 e. The average molecular weight is 515 g/mol. The zero-order valence-electron chi connectivity index (χ0n) is 20.7. The fraction of sp³-hybridized carbons (Fsp3) is 0.652. The summed E-state index contributed by atoms with van der Waals surface area (Å²) in [6.45, 7) is 9.93. The molecule has 0 saturated carbocycles. The number of piperazine rings is 1. The summed E-state index contributed by atoms with van der Waals surface area (Å²) in [4.78, 5) is 8.05. The smallest absolute Gasteiger partial charge is 0.410 e. The molecule has 2 aromatic heterocycles. The molecule has 0 spiro atoms. The molecular formula is C23H33F3N6O2S. The predicted octanol–water partition coefficient (Wildman–Crippen LogP) is 3.98. The molecule has 8 nitrogen and oxygen atoms in total. The van der Waals surface area contributed by atoms with Crippen molar-refractivity contribution in [2.24, 2.45) is 7.05 Å². The van der Waals surface area contributed by atoms with Gasteiger partial charge in [0.2, 0.25) is 5.88 Å². The molecule has 2 atom stereocenters. The molecule has 2 saturated heterocycles. The number of morpholine rings is 1. The number of hydrogen-bond acceptors (Lipinski definition) is 8. The van der Waals surface area contributed by atoms with E-state index in [0.29, 0.717) is 32.2 Å². The zero-order chi connectivity index (χ0) is 25.4. The first-order valence-corrected chi connectivity index (χ1v) is 12.5. The summed E-state index contributed by atoms with van der Waals surface area (Å²) in [5, 5.41) is 4.90. The van der Waals surface area contributed by atoms with Crippen LogP contribution in [-0.2, 0) is 11.8 Å². The van der Waals surface area contributed by atoms with Crippen LogP contribution in [-0.4, -0.2) is 82.3 Å². The van der Waals surface area contributed by atoms with Gasteiger partial charge >= 0.3 is 6.18 Å². The molecule has 4 heterocycles. The Morgan fingerprint density at radius 1 is 1.11 bits per heavy atom. The van der Waals surface area contributed by atoms with Gasteiger partial charge in [-0.2, -0.15) is 23.3 Å². The Morgan fingerprint density at radius 2 is 1.89 bits per heavy atom. The molecule has 194 valence electrons. The molecule has 2 fully saturated rings. The molecule has 35 heavy (non-hydrogen) atoms. The Morgan fingerprint density at radius 3 is 2.51 bits per heavy atom. The molecular weight excluding hydrogens is 481 g/mol. The lowest BCUT2D eigenvalue weighted by molar-refractivity contribution is -0.153. The van der Waals surface area contributed by atoms with Crippen molar-refractivity contribution in [1.82, 2.24) is 19.1 Å². The van der Waals surface area contributed by atoms with Crippen molar-refractivity contribution in [2.75, 3.05) is 49.2 Å². The summed E-state index contributed by atoms with van der Waals surface area (Å²) in [6.07, 6.45) is -2.79. The highest BCUT2D eigenvalue weighted by Gasteiger charge is 2.47. The van der Waals surface area contributed by atoms with Crippen molar-refractivity contribution in [3.63, 3.8) is 0 Å². The molecule has 0 N–H and O–H groups in total. The molecule has 0 aromatic carbocycles. The summed E-state index contributed by atoms with van der Waals surface area (Å²) < 4.78 is 57.9. The van der Waals surface area contributed by atoms with Crippen LogP contribution >= 0.6 is 11.9 Å². The van der Waals surface area contributed by atoms with Gasteiger partial charge in [0, 0.05) is 57.1 Å². The number of nitrogens with zero attached hydrogens (tertiary/aromatic N) is 6. The van der Waals surface area contributed by atoms with Crippen LogP contribution in [0, 0.1) is 0 Å². The lowest BCUT2D eigenvalue weighted by Gasteiger charge is -2.42. The van der Waals surface area contributed by atoms with Crippen LogP contribution in [0.25, 0.3) is 0 Å². The molecule has 12 heteroatoms. The van der Waals surface area contributed by atoms with Gasteiger partial charge in [-0.1, -0.05) is 0 Å². The van der Waals surface area contributed by atoms with Crippen LogP contribution in [0.1, 0.15) is 27.7 Å². The zero-order valence-corrected chi connectivity index (χ0v) is 21.6. The largest absolute Gasteiger partial charge is 0.472 e. The highest BCUT2D eigenvalue weighted by molar-refractivity contribution is 7.97. The Balaban J connectivity index is 1.65. The molecule has 0 amide bonds. The molecule has 0 aliphatic carbocycles. The lowest BCUT2D eigenvalue weighted by atomic mass is 10.1. The van der Waals surface area contributed by atoms with Crippen molar-refractivity contribution < 1.29 is 22.6 Å². The third-order valence-electron chi connectivity index (χ3n) is 5.90. The predicted molar refractivity (Wildman–Crippen MR) is 130 cm³/mol. The quantitative estimate of drug-likeness (QED) is 0.556. The van der Waals surface area contributed by atoms with E-state index in [1.54, 1.807) is 34.4 Å². The van der Waals surface area contributed by atoms with E-state index in [2.05, 4.69) is 15.0 Å². The van der Waals surface area contributed by atoms with Gasteiger partial charge in [-0.15, -0.1) is 0 Å². The van der Waals surface area contributed by atoms with Gasteiger partial charge in [0.15, 0.2) is 0 Å². The number of aromatic nitrogens is 3. The minimum atomic E-state index is -4.43. The van der Waals surface area contributed by atoms with Gasteiger partial charge in [-0.3, -0.25) is 4.68 Å². The maximum atomic E-state index is 14.3. The van der Waals surface area contributed by atoms with Crippen LogP contribution < -0.4 is 14.5 Å². The Labute approximate surface area is 208 Å². The van der Waals surface area contributed by atoms with E-state index in [1.165, 1.54) is 16.8 Å². The van der Waals surface area contributed by atoms with Gasteiger partial charge in [0.1, 0.15) is 22.5 Å². The third-order valence-corrected chi connectivity index (χ3v) is 7.07. The first-order valence-electron chi connectivity index (χ1n) is 11.7. The maximum Gasteiger partial charge on any atom is 0.410 e. The monoisotopic (exact) mass is 514 g/mol. The van der Waals surface area contributed by atoms with Crippen LogP contribution in [0.3, 0.4) is 0 Å². The number of halogens is 3. The Hall–Kier alpha value is -2.18. The van der Waals surface area contributed by atoms with Gasteiger partial charge in [-0.05, 0) is 45.7 Å². The molecule has 2 aromatic rings. The van der Waals surface area contributed by atoms with Crippen LogP contribution in [0.4, 0.5) is 24.7 Å². The fourth-order valence-electron chi connectivity index (χ4n) is 4.25. The Kier molecular flexibility index (Phi) is 7.44. The minimum absolute atomic E-state index is 0.0899. The van der Waals surface area contributed by atoms with E-state index >= 15 is 0 Å². The molecule has 2 unspecified atom stereocenters. The van der Waals surface area contributed by atoms with Gasteiger partial charge in [0.05, 0.1) is 19.4 Å². The highest BCUT2D eigenvalue weighted by atomic mass is 32.2. The second kappa shape index (κ2) is 10.1. The van der Waals surface area contributed by atoms with E-state index in [-0.39, 0.29) is 24.9 Å². The summed E-state index contributed by atoms with van der Waals surface area (Å²) >= 11 is 1.29. The van der Waals surface area contributed by atoms with E-state index in [4.69, 9.17) is 9.47 Å². The van der Waals surface area contributed by atoms with Crippen LogP contribution in [0.5, 0.6) is 5.88 Å². The highest BCUT2D eigenvalue weighted by Crippen LogP contribution is 2.37. The molecule has 0 bridgehead atoms. The van der Waals surface area contributed by atoms with Crippen molar-refractivity contribution in [2.45, 2.75) is 56.6 Å². The maximum absolute atomic E-state index is 14.3. The third kappa shape index (κ3) is 6.34. The van der Waals surface area contributed by atoms with Crippen LogP contribution in [0.2, 0.25) is 0 Å². The number of pyridine rings is 1. The average Bonchev–Trinajstić information content (AvgIpc) is 3.16. The summed E-state index contributed by atoms with van der Waals surface area (Å²) in [5.74, 6) is 0.587. The van der Waals surface area contributed by atoms with Crippen LogP contribution in [0.15, 0.2) is 29.4 Å². The summed E-state index contributed by atoms with van der Waals surface area (Å²) in [7, 11) is 1.78. The topological polar surface area (TPSA) is 58.9 Å². The van der Waals surface area contributed by atoms with Crippen molar-refractivity contribution in [3.8, 4) is 5.88 Å². The van der Waals surface area contributed by atoms with Gasteiger partial charge in [0.25, 0.3) is 0 Å². The van der Waals surface area contributed by atoms with Crippen molar-refractivity contribution >= 4 is 23.5 Å². The van der Waals surface area contributed by atoms with E-state index < -0.39 is 17.8 Å². The molecule has 2 aliphatic rings. The second-order valence-corrected chi connectivity index (χ2v) is 11.0. The first-order chi connectivity index (χ1) is 16.4. The SMILES string of the molecule is CC1COCCN1c1cc(OC(C)(C)C)nc(N2CCN(Sc3ccnn3C)CC2C(F)(F)F)c1. The number of ether oxygens (including phenoxy) is 2. The fourth-order valence-corrected chi connectivity index (χ4v) is 5.19. The van der Waals surface area contributed by atoms with E-state index in [1.807, 2.05) is 33.8 Å². The molecule has 0 radical (unpaired) electrons. The lowest BCUT2D eigenvalue weighted by Crippen LogP contribution is -2.58. The molecule has 2 aliphatic heterocycles. The van der Waals surface area contributed by atoms with Crippen molar-refractivity contribution in [3.05, 3.63) is 24.4 Å².